The monoisotopic (exact) mass is 266 g/mol. The van der Waals surface area contributed by atoms with Crippen LogP contribution in [-0.4, -0.2) is 6.10 Å². The van der Waals surface area contributed by atoms with Crippen molar-refractivity contribution in [3.63, 3.8) is 0 Å². The SMILES string of the molecule is CC(C)[C@@H](C)OCc1ccc2c(c1)Cc1ccccc1-2. The lowest BCUT2D eigenvalue weighted by Crippen LogP contribution is -2.15. The van der Waals surface area contributed by atoms with Gasteiger partial charge in [0.25, 0.3) is 0 Å². The molecule has 0 bridgehead atoms. The maximum atomic E-state index is 5.93. The lowest BCUT2D eigenvalue weighted by Gasteiger charge is -2.16. The molecular formula is C19H22O. The van der Waals surface area contributed by atoms with Gasteiger partial charge in [-0.2, -0.15) is 0 Å². The summed E-state index contributed by atoms with van der Waals surface area (Å²) in [6.45, 7) is 7.25. The molecule has 0 N–H and O–H groups in total. The topological polar surface area (TPSA) is 9.23 Å². The van der Waals surface area contributed by atoms with Crippen molar-refractivity contribution in [1.82, 2.24) is 0 Å². The number of fused-ring (bicyclic) bond motifs is 3. The molecule has 0 aliphatic heterocycles. The second-order valence-corrected chi connectivity index (χ2v) is 6.09. The van der Waals surface area contributed by atoms with Gasteiger partial charge in [-0.25, -0.2) is 0 Å². The van der Waals surface area contributed by atoms with E-state index in [1.165, 1.54) is 27.8 Å². The molecule has 0 radical (unpaired) electrons. The molecule has 0 aromatic heterocycles. The van der Waals surface area contributed by atoms with E-state index in [9.17, 15) is 0 Å². The van der Waals surface area contributed by atoms with Crippen molar-refractivity contribution in [1.29, 1.82) is 0 Å². The second-order valence-electron chi connectivity index (χ2n) is 6.09. The molecule has 2 aromatic carbocycles. The van der Waals surface area contributed by atoms with Crippen molar-refractivity contribution in [3.8, 4) is 11.1 Å². The van der Waals surface area contributed by atoms with Crippen molar-refractivity contribution >= 4 is 0 Å². The summed E-state index contributed by atoms with van der Waals surface area (Å²) in [7, 11) is 0. The summed E-state index contributed by atoms with van der Waals surface area (Å²) in [5, 5.41) is 0. The van der Waals surface area contributed by atoms with Crippen LogP contribution in [0.1, 0.15) is 37.5 Å². The van der Waals surface area contributed by atoms with Crippen molar-refractivity contribution in [2.24, 2.45) is 5.92 Å². The zero-order valence-electron chi connectivity index (χ0n) is 12.5. The van der Waals surface area contributed by atoms with Gasteiger partial charge in [0.1, 0.15) is 0 Å². The molecule has 1 aliphatic carbocycles. The first-order valence-electron chi connectivity index (χ1n) is 7.47. The summed E-state index contributed by atoms with van der Waals surface area (Å²) in [4.78, 5) is 0. The predicted molar refractivity (Wildman–Crippen MR) is 83.8 cm³/mol. The number of hydrogen-bond acceptors (Lipinski definition) is 1. The first-order chi connectivity index (χ1) is 9.65. The molecule has 3 rings (SSSR count). The van der Waals surface area contributed by atoms with Crippen LogP contribution in [0.25, 0.3) is 11.1 Å². The smallest absolute Gasteiger partial charge is 0.0720 e. The highest BCUT2D eigenvalue weighted by Crippen LogP contribution is 2.36. The van der Waals surface area contributed by atoms with E-state index in [-0.39, 0.29) is 0 Å². The molecule has 0 saturated carbocycles. The van der Waals surface area contributed by atoms with Gasteiger partial charge in [-0.15, -0.1) is 0 Å². The molecule has 1 aliphatic rings. The lowest BCUT2D eigenvalue weighted by atomic mass is 10.0. The molecule has 0 unspecified atom stereocenters. The van der Waals surface area contributed by atoms with E-state index < -0.39 is 0 Å². The van der Waals surface area contributed by atoms with Crippen LogP contribution >= 0.6 is 0 Å². The average Bonchev–Trinajstić information content (AvgIpc) is 2.82. The minimum Gasteiger partial charge on any atom is -0.374 e. The van der Waals surface area contributed by atoms with Gasteiger partial charge in [-0.1, -0.05) is 56.3 Å². The van der Waals surface area contributed by atoms with E-state index in [1.54, 1.807) is 0 Å². The molecule has 0 spiro atoms. The minimum atomic E-state index is 0.306. The largest absolute Gasteiger partial charge is 0.374 e. The zero-order chi connectivity index (χ0) is 14.1. The second kappa shape index (κ2) is 5.41. The normalized spacial score (nSPS) is 14.2. The molecular weight excluding hydrogens is 244 g/mol. The fraction of sp³-hybridized carbons (Fsp3) is 0.368. The highest BCUT2D eigenvalue weighted by Gasteiger charge is 2.18. The maximum absolute atomic E-state index is 5.93. The molecule has 1 nitrogen and oxygen atoms in total. The fourth-order valence-corrected chi connectivity index (χ4v) is 2.71. The first-order valence-corrected chi connectivity index (χ1v) is 7.47. The number of hydrogen-bond donors (Lipinski definition) is 0. The fourth-order valence-electron chi connectivity index (χ4n) is 2.71. The maximum Gasteiger partial charge on any atom is 0.0720 e. The Labute approximate surface area is 121 Å². The molecule has 1 atom stereocenters. The lowest BCUT2D eigenvalue weighted by molar-refractivity contribution is 0.0235. The number of benzene rings is 2. The molecule has 104 valence electrons. The molecule has 0 saturated heterocycles. The minimum absolute atomic E-state index is 0.306. The Morgan fingerprint density at radius 3 is 2.50 bits per heavy atom. The molecule has 2 aromatic rings. The molecule has 0 fully saturated rings. The summed E-state index contributed by atoms with van der Waals surface area (Å²) in [5.41, 5.74) is 6.94. The van der Waals surface area contributed by atoms with E-state index >= 15 is 0 Å². The highest BCUT2D eigenvalue weighted by molar-refractivity contribution is 5.76. The van der Waals surface area contributed by atoms with Gasteiger partial charge in [0, 0.05) is 0 Å². The van der Waals surface area contributed by atoms with E-state index in [0.29, 0.717) is 18.6 Å². The predicted octanol–water partition coefficient (Wildman–Crippen LogP) is 4.82. The van der Waals surface area contributed by atoms with Crippen molar-refractivity contribution in [3.05, 3.63) is 59.2 Å². The van der Waals surface area contributed by atoms with Gasteiger partial charge < -0.3 is 4.74 Å². The third-order valence-electron chi connectivity index (χ3n) is 4.31. The van der Waals surface area contributed by atoms with Crippen molar-refractivity contribution in [2.45, 2.75) is 39.9 Å². The Morgan fingerprint density at radius 1 is 0.950 bits per heavy atom. The molecule has 0 amide bonds. The summed E-state index contributed by atoms with van der Waals surface area (Å²) in [5.74, 6) is 0.564. The van der Waals surface area contributed by atoms with Crippen LogP contribution in [-0.2, 0) is 17.8 Å². The van der Waals surface area contributed by atoms with Crippen molar-refractivity contribution in [2.75, 3.05) is 0 Å². The number of ether oxygens (including phenoxy) is 1. The van der Waals surface area contributed by atoms with Crippen LogP contribution in [0, 0.1) is 5.92 Å². The van der Waals surface area contributed by atoms with Gasteiger partial charge in [0.05, 0.1) is 12.7 Å². The van der Waals surface area contributed by atoms with Gasteiger partial charge in [-0.05, 0) is 47.1 Å². The van der Waals surface area contributed by atoms with Gasteiger partial charge >= 0.3 is 0 Å². The molecule has 0 heterocycles. The Morgan fingerprint density at radius 2 is 1.70 bits per heavy atom. The Hall–Kier alpha value is -1.60. The van der Waals surface area contributed by atoms with Crippen LogP contribution in [0.2, 0.25) is 0 Å². The summed E-state index contributed by atoms with van der Waals surface area (Å²) >= 11 is 0. The van der Waals surface area contributed by atoms with Crippen LogP contribution in [0.5, 0.6) is 0 Å². The summed E-state index contributed by atoms with van der Waals surface area (Å²) in [6, 6.07) is 15.5. The van der Waals surface area contributed by atoms with Crippen LogP contribution in [0.4, 0.5) is 0 Å². The third-order valence-corrected chi connectivity index (χ3v) is 4.31. The Kier molecular flexibility index (Phi) is 3.62. The average molecular weight is 266 g/mol. The Bertz CT molecular complexity index is 613. The van der Waals surface area contributed by atoms with E-state index in [0.717, 1.165) is 6.42 Å². The third kappa shape index (κ3) is 2.51. The summed E-state index contributed by atoms with van der Waals surface area (Å²) < 4.78 is 5.93. The number of rotatable bonds is 4. The molecule has 20 heavy (non-hydrogen) atoms. The van der Waals surface area contributed by atoms with Crippen molar-refractivity contribution < 1.29 is 4.74 Å². The van der Waals surface area contributed by atoms with Gasteiger partial charge in [0.2, 0.25) is 0 Å². The zero-order valence-corrected chi connectivity index (χ0v) is 12.5. The highest BCUT2D eigenvalue weighted by atomic mass is 16.5. The van der Waals surface area contributed by atoms with E-state index in [1.807, 2.05) is 0 Å². The van der Waals surface area contributed by atoms with E-state index in [2.05, 4.69) is 63.2 Å². The van der Waals surface area contributed by atoms with Crippen LogP contribution in [0.3, 0.4) is 0 Å². The first kappa shape index (κ1) is 13.4. The van der Waals surface area contributed by atoms with Crippen LogP contribution in [0.15, 0.2) is 42.5 Å². The van der Waals surface area contributed by atoms with Gasteiger partial charge in [0.15, 0.2) is 0 Å². The molecule has 1 heteroatoms. The van der Waals surface area contributed by atoms with Gasteiger partial charge in [-0.3, -0.25) is 0 Å². The quantitative estimate of drug-likeness (QED) is 0.658. The van der Waals surface area contributed by atoms with E-state index in [4.69, 9.17) is 4.74 Å². The van der Waals surface area contributed by atoms with Crippen LogP contribution < -0.4 is 0 Å². The summed E-state index contributed by atoms with van der Waals surface area (Å²) in [6.07, 6.45) is 1.36. The Balaban J connectivity index is 1.77. The standard InChI is InChI=1S/C19H22O/c1-13(2)14(3)20-12-15-8-9-19-17(10-15)11-16-6-4-5-7-18(16)19/h4-10,13-14H,11-12H2,1-3H3/t14-/m1/s1.